The minimum Gasteiger partial charge on any atom is -0.309 e. The van der Waals surface area contributed by atoms with Crippen molar-refractivity contribution in [2.45, 2.75) is 32.2 Å². The highest BCUT2D eigenvalue weighted by molar-refractivity contribution is 5.77. The standard InChI is InChI=1S/C10H19N3O/c1-10(2)8-12(7-5-11-10)13-6-3-4-9(13)14/h11H,3-8H2,1-2H3. The van der Waals surface area contributed by atoms with E-state index in [-0.39, 0.29) is 5.54 Å². The number of nitrogens with zero attached hydrogens (tertiary/aromatic N) is 2. The SMILES string of the molecule is CC1(C)CN(N2CCCC2=O)CCN1. The predicted molar refractivity (Wildman–Crippen MR) is 54.6 cm³/mol. The number of hydrazine groups is 1. The van der Waals surface area contributed by atoms with Gasteiger partial charge < -0.3 is 5.32 Å². The molecule has 2 saturated heterocycles. The summed E-state index contributed by atoms with van der Waals surface area (Å²) in [5.74, 6) is 0.294. The number of hydrogen-bond donors (Lipinski definition) is 1. The molecular weight excluding hydrogens is 178 g/mol. The van der Waals surface area contributed by atoms with Gasteiger partial charge in [0.15, 0.2) is 0 Å². The Morgan fingerprint density at radius 1 is 1.36 bits per heavy atom. The summed E-state index contributed by atoms with van der Waals surface area (Å²) in [6.07, 6.45) is 1.74. The Morgan fingerprint density at radius 2 is 2.14 bits per heavy atom. The molecule has 2 heterocycles. The van der Waals surface area contributed by atoms with Crippen LogP contribution in [0.1, 0.15) is 26.7 Å². The van der Waals surface area contributed by atoms with Gasteiger partial charge in [-0.1, -0.05) is 0 Å². The van der Waals surface area contributed by atoms with Crippen molar-refractivity contribution in [1.29, 1.82) is 0 Å². The van der Waals surface area contributed by atoms with Crippen molar-refractivity contribution >= 4 is 5.91 Å². The average Bonchev–Trinajstić information content (AvgIpc) is 2.49. The second kappa shape index (κ2) is 3.51. The Hall–Kier alpha value is -0.610. The third-order valence-electron chi connectivity index (χ3n) is 2.94. The summed E-state index contributed by atoms with van der Waals surface area (Å²) in [5, 5.41) is 7.58. The zero-order chi connectivity index (χ0) is 10.2. The van der Waals surface area contributed by atoms with Crippen molar-refractivity contribution in [3.8, 4) is 0 Å². The Labute approximate surface area is 85.2 Å². The molecule has 0 aliphatic carbocycles. The van der Waals surface area contributed by atoms with Crippen LogP contribution in [0.4, 0.5) is 0 Å². The van der Waals surface area contributed by atoms with Crippen molar-refractivity contribution in [1.82, 2.24) is 15.3 Å². The molecule has 2 aliphatic heterocycles. The summed E-state index contributed by atoms with van der Waals surface area (Å²) in [7, 11) is 0. The summed E-state index contributed by atoms with van der Waals surface area (Å²) in [4.78, 5) is 11.5. The first-order valence-electron chi connectivity index (χ1n) is 5.39. The highest BCUT2D eigenvalue weighted by Crippen LogP contribution is 2.17. The van der Waals surface area contributed by atoms with Crippen molar-refractivity contribution in [2.75, 3.05) is 26.2 Å². The lowest BCUT2D eigenvalue weighted by molar-refractivity contribution is -0.146. The van der Waals surface area contributed by atoms with Gasteiger partial charge in [-0.25, -0.2) is 5.01 Å². The molecular formula is C10H19N3O. The topological polar surface area (TPSA) is 35.6 Å². The molecule has 0 aromatic carbocycles. The number of carbonyl (C=O) groups is 1. The van der Waals surface area contributed by atoms with Gasteiger partial charge in [0.1, 0.15) is 0 Å². The van der Waals surface area contributed by atoms with Crippen molar-refractivity contribution in [2.24, 2.45) is 0 Å². The summed E-state index contributed by atoms with van der Waals surface area (Å²) in [6, 6.07) is 0. The van der Waals surface area contributed by atoms with Crippen molar-refractivity contribution in [3.05, 3.63) is 0 Å². The van der Waals surface area contributed by atoms with Gasteiger partial charge in [-0.05, 0) is 20.3 Å². The number of carbonyl (C=O) groups excluding carboxylic acids is 1. The fourth-order valence-electron chi connectivity index (χ4n) is 2.25. The molecule has 4 nitrogen and oxygen atoms in total. The lowest BCUT2D eigenvalue weighted by atomic mass is 10.0. The first kappa shape index (κ1) is 9.93. The van der Waals surface area contributed by atoms with E-state index < -0.39 is 0 Å². The number of rotatable bonds is 1. The zero-order valence-corrected chi connectivity index (χ0v) is 9.05. The lowest BCUT2D eigenvalue weighted by Crippen LogP contribution is -2.61. The van der Waals surface area contributed by atoms with Gasteiger partial charge in [0.2, 0.25) is 5.91 Å². The first-order valence-corrected chi connectivity index (χ1v) is 5.39. The van der Waals surface area contributed by atoms with E-state index in [0.29, 0.717) is 5.91 Å². The van der Waals surface area contributed by atoms with Crippen LogP contribution in [0.2, 0.25) is 0 Å². The lowest BCUT2D eigenvalue weighted by Gasteiger charge is -2.42. The molecule has 4 heteroatoms. The number of piperazine rings is 1. The van der Waals surface area contributed by atoms with Crippen LogP contribution >= 0.6 is 0 Å². The van der Waals surface area contributed by atoms with E-state index in [1.54, 1.807) is 0 Å². The maximum atomic E-state index is 11.5. The fraction of sp³-hybridized carbons (Fsp3) is 0.900. The van der Waals surface area contributed by atoms with Crippen molar-refractivity contribution in [3.63, 3.8) is 0 Å². The number of nitrogens with one attached hydrogen (secondary N) is 1. The van der Waals surface area contributed by atoms with Crippen LogP contribution in [0.25, 0.3) is 0 Å². The largest absolute Gasteiger partial charge is 0.309 e. The molecule has 0 unspecified atom stereocenters. The van der Waals surface area contributed by atoms with E-state index in [1.807, 2.05) is 5.01 Å². The summed E-state index contributed by atoms with van der Waals surface area (Å²) < 4.78 is 0. The predicted octanol–water partition coefficient (Wildman–Crippen LogP) is 0.208. The smallest absolute Gasteiger partial charge is 0.236 e. The third kappa shape index (κ3) is 1.91. The van der Waals surface area contributed by atoms with Gasteiger partial charge in [0, 0.05) is 38.1 Å². The van der Waals surface area contributed by atoms with Crippen LogP contribution in [0, 0.1) is 0 Å². The van der Waals surface area contributed by atoms with E-state index in [4.69, 9.17) is 0 Å². The molecule has 2 fully saturated rings. The molecule has 0 aromatic rings. The number of hydrogen-bond acceptors (Lipinski definition) is 3. The summed E-state index contributed by atoms with van der Waals surface area (Å²) >= 11 is 0. The van der Waals surface area contributed by atoms with E-state index >= 15 is 0 Å². The average molecular weight is 197 g/mol. The summed E-state index contributed by atoms with van der Waals surface area (Å²) in [6.45, 7) is 8.12. The molecule has 2 rings (SSSR count). The molecule has 14 heavy (non-hydrogen) atoms. The van der Waals surface area contributed by atoms with Crippen LogP contribution in [-0.2, 0) is 4.79 Å². The molecule has 1 amide bonds. The van der Waals surface area contributed by atoms with Crippen LogP contribution in [0.5, 0.6) is 0 Å². The zero-order valence-electron chi connectivity index (χ0n) is 9.05. The Morgan fingerprint density at radius 3 is 2.71 bits per heavy atom. The molecule has 1 N–H and O–H groups in total. The van der Waals surface area contributed by atoms with Crippen molar-refractivity contribution < 1.29 is 4.79 Å². The second-order valence-electron chi connectivity index (χ2n) is 4.82. The van der Waals surface area contributed by atoms with Gasteiger partial charge in [-0.2, -0.15) is 0 Å². The van der Waals surface area contributed by atoms with Gasteiger partial charge in [0.25, 0.3) is 0 Å². The van der Waals surface area contributed by atoms with Crippen LogP contribution in [0.3, 0.4) is 0 Å². The third-order valence-corrected chi connectivity index (χ3v) is 2.94. The Kier molecular flexibility index (Phi) is 2.49. The van der Waals surface area contributed by atoms with E-state index in [9.17, 15) is 4.79 Å². The van der Waals surface area contributed by atoms with E-state index in [0.717, 1.165) is 39.0 Å². The molecule has 0 bridgehead atoms. The molecule has 0 spiro atoms. The highest BCUT2D eigenvalue weighted by Gasteiger charge is 2.33. The van der Waals surface area contributed by atoms with Gasteiger partial charge in [-0.15, -0.1) is 0 Å². The first-order chi connectivity index (χ1) is 6.58. The molecule has 0 radical (unpaired) electrons. The normalized spacial score (nSPS) is 28.4. The molecule has 0 aromatic heterocycles. The monoisotopic (exact) mass is 197 g/mol. The molecule has 80 valence electrons. The van der Waals surface area contributed by atoms with E-state index in [2.05, 4.69) is 24.2 Å². The Bertz CT molecular complexity index is 240. The Balaban J connectivity index is 2.00. The maximum absolute atomic E-state index is 11.5. The molecule has 0 saturated carbocycles. The molecule has 2 aliphatic rings. The quantitative estimate of drug-likeness (QED) is 0.652. The van der Waals surface area contributed by atoms with Crippen LogP contribution in [0.15, 0.2) is 0 Å². The minimum absolute atomic E-state index is 0.126. The second-order valence-corrected chi connectivity index (χ2v) is 4.82. The van der Waals surface area contributed by atoms with Crippen LogP contribution < -0.4 is 5.32 Å². The number of amides is 1. The highest BCUT2D eigenvalue weighted by atomic mass is 16.2. The van der Waals surface area contributed by atoms with Gasteiger partial charge >= 0.3 is 0 Å². The van der Waals surface area contributed by atoms with Gasteiger partial charge in [-0.3, -0.25) is 9.80 Å². The molecule has 0 atom stereocenters. The maximum Gasteiger partial charge on any atom is 0.236 e. The van der Waals surface area contributed by atoms with Crippen LogP contribution in [-0.4, -0.2) is 47.6 Å². The fourth-order valence-corrected chi connectivity index (χ4v) is 2.25. The van der Waals surface area contributed by atoms with Gasteiger partial charge in [0.05, 0.1) is 0 Å². The van der Waals surface area contributed by atoms with E-state index in [1.165, 1.54) is 0 Å². The summed E-state index contributed by atoms with van der Waals surface area (Å²) in [5.41, 5.74) is 0.126. The minimum atomic E-state index is 0.126.